The summed E-state index contributed by atoms with van der Waals surface area (Å²) in [6.45, 7) is 7.54. The van der Waals surface area contributed by atoms with Crippen LogP contribution in [0.15, 0.2) is 0 Å². The maximum Gasteiger partial charge on any atom is 0.131 e. The molecule has 0 amide bonds. The van der Waals surface area contributed by atoms with Gasteiger partial charge in [-0.15, -0.1) is 0 Å². The third-order valence-corrected chi connectivity index (χ3v) is 2.10. The largest absolute Gasteiger partial charge is 0.395 e. The molecule has 3 nitrogen and oxygen atoms in total. The summed E-state index contributed by atoms with van der Waals surface area (Å²) < 4.78 is 0. The van der Waals surface area contributed by atoms with Crippen LogP contribution in [0.2, 0.25) is 0 Å². The molecule has 1 atom stereocenters. The highest BCUT2D eigenvalue weighted by molar-refractivity contribution is 5.76. The Balaban J connectivity index is 3.93. The highest BCUT2D eigenvalue weighted by atomic mass is 16.3. The fourth-order valence-electron chi connectivity index (χ4n) is 1.51. The normalized spacial score (nSPS) is 13.3. The molecule has 0 spiro atoms. The Kier molecular flexibility index (Phi) is 6.82. The van der Waals surface area contributed by atoms with Crippen LogP contribution in [-0.4, -0.2) is 41.5 Å². The van der Waals surface area contributed by atoms with Crippen LogP contribution in [0.25, 0.3) is 0 Å². The van der Waals surface area contributed by atoms with Crippen molar-refractivity contribution in [3.8, 4) is 0 Å². The van der Waals surface area contributed by atoms with Crippen LogP contribution < -0.4 is 0 Å². The van der Waals surface area contributed by atoms with Gasteiger partial charge >= 0.3 is 0 Å². The number of rotatable bonds is 7. The van der Waals surface area contributed by atoms with Crippen LogP contribution in [0.3, 0.4) is 0 Å². The van der Waals surface area contributed by atoms with Gasteiger partial charge in [0.05, 0.1) is 6.61 Å². The number of nitrogens with zero attached hydrogens (tertiary/aromatic N) is 1. The number of aliphatic hydroxyl groups is 1. The van der Waals surface area contributed by atoms with Gasteiger partial charge in [0, 0.05) is 19.0 Å². The summed E-state index contributed by atoms with van der Waals surface area (Å²) in [6.07, 6.45) is 1.64. The average molecular weight is 187 g/mol. The standard InChI is InChI=1S/C10H21NO2/c1-4-5-11(6-7-12)9(2)8-10(3)13/h9,12H,4-8H2,1-3H3. The van der Waals surface area contributed by atoms with Crippen LogP contribution in [-0.2, 0) is 4.79 Å². The van der Waals surface area contributed by atoms with Crippen molar-refractivity contribution in [1.29, 1.82) is 0 Å². The van der Waals surface area contributed by atoms with Crippen LogP contribution in [0.5, 0.6) is 0 Å². The number of aliphatic hydroxyl groups excluding tert-OH is 1. The van der Waals surface area contributed by atoms with Crippen molar-refractivity contribution in [2.24, 2.45) is 0 Å². The predicted octanol–water partition coefficient (Wildman–Crippen LogP) is 1.06. The maximum atomic E-state index is 10.9. The van der Waals surface area contributed by atoms with E-state index in [-0.39, 0.29) is 18.4 Å². The molecule has 1 N–H and O–H groups in total. The lowest BCUT2D eigenvalue weighted by atomic mass is 10.1. The Morgan fingerprint density at radius 1 is 1.46 bits per heavy atom. The molecule has 0 saturated heterocycles. The summed E-state index contributed by atoms with van der Waals surface area (Å²) in [5.74, 6) is 0.214. The molecule has 1 unspecified atom stereocenters. The summed E-state index contributed by atoms with van der Waals surface area (Å²) >= 11 is 0. The van der Waals surface area contributed by atoms with Gasteiger partial charge in [-0.3, -0.25) is 9.69 Å². The molecule has 0 bridgehead atoms. The van der Waals surface area contributed by atoms with Crippen molar-refractivity contribution in [2.45, 2.75) is 39.7 Å². The Hall–Kier alpha value is -0.410. The Labute approximate surface area is 80.7 Å². The van der Waals surface area contributed by atoms with E-state index in [1.165, 1.54) is 0 Å². The summed E-state index contributed by atoms with van der Waals surface area (Å²) in [7, 11) is 0. The maximum absolute atomic E-state index is 10.9. The first-order valence-corrected chi connectivity index (χ1v) is 4.96. The molecule has 0 radical (unpaired) electrons. The fourth-order valence-corrected chi connectivity index (χ4v) is 1.51. The molecule has 0 heterocycles. The van der Waals surface area contributed by atoms with E-state index in [1.54, 1.807) is 6.92 Å². The Bertz CT molecular complexity index is 142. The minimum Gasteiger partial charge on any atom is -0.395 e. The summed E-state index contributed by atoms with van der Waals surface area (Å²) in [6, 6.07) is 0.254. The zero-order chi connectivity index (χ0) is 10.3. The van der Waals surface area contributed by atoms with E-state index < -0.39 is 0 Å². The molecule has 0 aliphatic carbocycles. The van der Waals surface area contributed by atoms with Crippen molar-refractivity contribution >= 4 is 5.78 Å². The molecule has 13 heavy (non-hydrogen) atoms. The topological polar surface area (TPSA) is 40.5 Å². The molecule has 0 aromatic heterocycles. The van der Waals surface area contributed by atoms with Crippen LogP contribution in [0.1, 0.15) is 33.6 Å². The number of carbonyl (C=O) groups is 1. The number of hydrogen-bond acceptors (Lipinski definition) is 3. The van der Waals surface area contributed by atoms with E-state index in [1.807, 2.05) is 6.92 Å². The smallest absolute Gasteiger partial charge is 0.131 e. The quantitative estimate of drug-likeness (QED) is 0.648. The number of hydrogen-bond donors (Lipinski definition) is 1. The predicted molar refractivity (Wildman–Crippen MR) is 53.7 cm³/mol. The van der Waals surface area contributed by atoms with Crippen molar-refractivity contribution < 1.29 is 9.90 Å². The highest BCUT2D eigenvalue weighted by Crippen LogP contribution is 2.04. The van der Waals surface area contributed by atoms with Gasteiger partial charge in [-0.1, -0.05) is 6.92 Å². The second kappa shape index (κ2) is 7.04. The van der Waals surface area contributed by atoms with Crippen molar-refractivity contribution in [1.82, 2.24) is 4.90 Å². The second-order valence-electron chi connectivity index (χ2n) is 3.51. The summed E-state index contributed by atoms with van der Waals surface area (Å²) in [5.41, 5.74) is 0. The van der Waals surface area contributed by atoms with E-state index in [4.69, 9.17) is 5.11 Å². The SMILES string of the molecule is CCCN(CCO)C(C)CC(C)=O. The Morgan fingerprint density at radius 3 is 2.46 bits per heavy atom. The highest BCUT2D eigenvalue weighted by Gasteiger charge is 2.13. The number of carbonyl (C=O) groups excluding carboxylic acids is 1. The lowest BCUT2D eigenvalue weighted by molar-refractivity contribution is -0.118. The van der Waals surface area contributed by atoms with E-state index >= 15 is 0 Å². The monoisotopic (exact) mass is 187 g/mol. The lowest BCUT2D eigenvalue weighted by Crippen LogP contribution is -2.37. The molecule has 0 aromatic carbocycles. The van der Waals surface area contributed by atoms with Gasteiger partial charge in [0.15, 0.2) is 0 Å². The van der Waals surface area contributed by atoms with Crippen LogP contribution in [0, 0.1) is 0 Å². The lowest BCUT2D eigenvalue weighted by Gasteiger charge is -2.27. The minimum absolute atomic E-state index is 0.169. The molecular weight excluding hydrogens is 166 g/mol. The molecule has 0 aliphatic rings. The number of Topliss-reactive ketones (excluding diaryl/α,β-unsaturated/α-hetero) is 1. The minimum atomic E-state index is 0.169. The third-order valence-electron chi connectivity index (χ3n) is 2.10. The first kappa shape index (κ1) is 12.6. The van der Waals surface area contributed by atoms with Crippen molar-refractivity contribution in [2.75, 3.05) is 19.7 Å². The molecule has 0 saturated carbocycles. The van der Waals surface area contributed by atoms with Gasteiger partial charge in [0.25, 0.3) is 0 Å². The zero-order valence-electron chi connectivity index (χ0n) is 8.92. The van der Waals surface area contributed by atoms with E-state index in [9.17, 15) is 4.79 Å². The first-order valence-electron chi connectivity index (χ1n) is 4.96. The van der Waals surface area contributed by atoms with Gasteiger partial charge in [-0.2, -0.15) is 0 Å². The zero-order valence-corrected chi connectivity index (χ0v) is 8.92. The molecule has 0 rings (SSSR count). The summed E-state index contributed by atoms with van der Waals surface area (Å²) in [5, 5.41) is 8.82. The summed E-state index contributed by atoms with van der Waals surface area (Å²) in [4.78, 5) is 13.0. The van der Waals surface area contributed by atoms with E-state index in [0.717, 1.165) is 13.0 Å². The molecular formula is C10H21NO2. The van der Waals surface area contributed by atoms with Gasteiger partial charge in [-0.25, -0.2) is 0 Å². The van der Waals surface area contributed by atoms with Gasteiger partial charge < -0.3 is 5.11 Å². The third kappa shape index (κ3) is 5.77. The first-order chi connectivity index (χ1) is 6.11. The second-order valence-corrected chi connectivity index (χ2v) is 3.51. The molecule has 0 aliphatic heterocycles. The van der Waals surface area contributed by atoms with Crippen LogP contribution >= 0.6 is 0 Å². The van der Waals surface area contributed by atoms with Crippen LogP contribution in [0.4, 0.5) is 0 Å². The van der Waals surface area contributed by atoms with Crippen molar-refractivity contribution in [3.05, 3.63) is 0 Å². The van der Waals surface area contributed by atoms with E-state index in [0.29, 0.717) is 13.0 Å². The molecule has 0 fully saturated rings. The van der Waals surface area contributed by atoms with Gasteiger partial charge in [0.2, 0.25) is 0 Å². The number of ketones is 1. The van der Waals surface area contributed by atoms with Gasteiger partial charge in [-0.05, 0) is 26.8 Å². The Morgan fingerprint density at radius 2 is 2.08 bits per heavy atom. The molecule has 3 heteroatoms. The molecule has 0 aromatic rings. The fraction of sp³-hybridized carbons (Fsp3) is 0.900. The van der Waals surface area contributed by atoms with Crippen molar-refractivity contribution in [3.63, 3.8) is 0 Å². The molecule has 78 valence electrons. The average Bonchev–Trinajstić information content (AvgIpc) is 2.02. The van der Waals surface area contributed by atoms with Gasteiger partial charge in [0.1, 0.15) is 5.78 Å². The van der Waals surface area contributed by atoms with E-state index in [2.05, 4.69) is 11.8 Å².